The van der Waals surface area contributed by atoms with Gasteiger partial charge in [0.2, 0.25) is 0 Å². The van der Waals surface area contributed by atoms with E-state index in [1.165, 1.54) is 6.92 Å². The minimum atomic E-state index is -0.326. The molecule has 3 nitrogen and oxygen atoms in total. The number of halogens is 1. The van der Waals surface area contributed by atoms with Crippen molar-refractivity contribution in [3.05, 3.63) is 90.0 Å². The maximum absolute atomic E-state index is 11.0. The van der Waals surface area contributed by atoms with Gasteiger partial charge in [0.25, 0.3) is 0 Å². The lowest BCUT2D eigenvalue weighted by Gasteiger charge is -2.22. The Morgan fingerprint density at radius 2 is 1.96 bits per heavy atom. The first-order chi connectivity index (χ1) is 11.6. The van der Waals surface area contributed by atoms with E-state index in [1.54, 1.807) is 18.7 Å². The van der Waals surface area contributed by atoms with Crippen molar-refractivity contribution >= 4 is 17.6 Å². The minimum absolute atomic E-state index is 0.0858. The first-order valence-electron chi connectivity index (χ1n) is 7.66. The van der Waals surface area contributed by atoms with E-state index in [0.29, 0.717) is 12.2 Å². The van der Waals surface area contributed by atoms with E-state index in [0.717, 1.165) is 21.7 Å². The Morgan fingerprint density at radius 1 is 1.17 bits per heavy atom. The van der Waals surface area contributed by atoms with E-state index < -0.39 is 0 Å². The molecule has 0 bridgehead atoms. The summed E-state index contributed by atoms with van der Waals surface area (Å²) in [5, 5.41) is 0.721. The Balaban J connectivity index is 1.75. The zero-order valence-electron chi connectivity index (χ0n) is 13.2. The van der Waals surface area contributed by atoms with Crippen molar-refractivity contribution in [2.45, 2.75) is 19.4 Å². The van der Waals surface area contributed by atoms with Crippen LogP contribution >= 0.6 is 11.6 Å². The van der Waals surface area contributed by atoms with Crippen LogP contribution < -0.4 is 4.74 Å². The van der Waals surface area contributed by atoms with Crippen LogP contribution in [0.15, 0.2) is 42.5 Å². The van der Waals surface area contributed by atoms with Crippen LogP contribution in [0.1, 0.15) is 29.7 Å². The Kier molecular flexibility index (Phi) is 5.54. The van der Waals surface area contributed by atoms with E-state index in [9.17, 15) is 4.79 Å². The molecule has 1 saturated heterocycles. The number of hydrogen-bond donors (Lipinski definition) is 0. The summed E-state index contributed by atoms with van der Waals surface area (Å²) in [6.45, 7) is 3.07. The molecular formula is C20H17ClO3. The molecular weight excluding hydrogens is 324 g/mol. The lowest BCUT2D eigenvalue weighted by molar-refractivity contribution is -0.131. The molecule has 0 spiro atoms. The molecule has 2 aromatic rings. The molecule has 0 saturated carbocycles. The van der Waals surface area contributed by atoms with E-state index in [1.807, 2.05) is 43.5 Å². The SMILES string of the molecule is CC(=O)Oc1ccc(Cc2cc([C@@H]3[CH][CH][CH][CH]O3)ccc2Cl)cc1. The fraction of sp³-hybridized carbons (Fsp3) is 0.150. The summed E-state index contributed by atoms with van der Waals surface area (Å²) in [6, 6.07) is 13.4. The van der Waals surface area contributed by atoms with Gasteiger partial charge in [-0.05, 0) is 60.6 Å². The van der Waals surface area contributed by atoms with E-state index in [-0.39, 0.29) is 12.1 Å². The highest BCUT2D eigenvalue weighted by Crippen LogP contribution is 2.31. The predicted octanol–water partition coefficient (Wildman–Crippen LogP) is 4.70. The van der Waals surface area contributed by atoms with E-state index in [4.69, 9.17) is 21.1 Å². The highest BCUT2D eigenvalue weighted by Gasteiger charge is 2.18. The van der Waals surface area contributed by atoms with Crippen LogP contribution in [0.5, 0.6) is 5.75 Å². The molecule has 0 amide bonds. The van der Waals surface area contributed by atoms with Crippen molar-refractivity contribution in [1.82, 2.24) is 0 Å². The van der Waals surface area contributed by atoms with E-state index >= 15 is 0 Å². The van der Waals surface area contributed by atoms with Gasteiger partial charge >= 0.3 is 5.97 Å². The molecule has 1 fully saturated rings. The normalized spacial score (nSPS) is 17.5. The van der Waals surface area contributed by atoms with Gasteiger partial charge in [-0.2, -0.15) is 0 Å². The third-order valence-electron chi connectivity index (χ3n) is 3.68. The van der Waals surface area contributed by atoms with Crippen molar-refractivity contribution < 1.29 is 14.3 Å². The highest BCUT2D eigenvalue weighted by molar-refractivity contribution is 6.31. The number of carbonyl (C=O) groups is 1. The van der Waals surface area contributed by atoms with Crippen LogP contribution in [-0.4, -0.2) is 5.97 Å². The highest BCUT2D eigenvalue weighted by atomic mass is 35.5. The van der Waals surface area contributed by atoms with Crippen molar-refractivity contribution in [1.29, 1.82) is 0 Å². The van der Waals surface area contributed by atoms with Crippen molar-refractivity contribution in [2.75, 3.05) is 0 Å². The second-order valence-corrected chi connectivity index (χ2v) is 5.94. The molecule has 4 radical (unpaired) electrons. The third kappa shape index (κ3) is 4.37. The van der Waals surface area contributed by atoms with Gasteiger partial charge in [0.05, 0.1) is 12.7 Å². The summed E-state index contributed by atoms with van der Waals surface area (Å²) in [7, 11) is 0. The molecule has 122 valence electrons. The molecule has 3 rings (SSSR count). The Hall–Kier alpha value is -1.84. The number of rotatable bonds is 4. The molecule has 2 aromatic carbocycles. The van der Waals surface area contributed by atoms with Gasteiger partial charge in [0.15, 0.2) is 0 Å². The minimum Gasteiger partial charge on any atom is -0.427 e. The topological polar surface area (TPSA) is 35.5 Å². The second-order valence-electron chi connectivity index (χ2n) is 5.54. The van der Waals surface area contributed by atoms with Crippen LogP contribution in [0.3, 0.4) is 0 Å². The van der Waals surface area contributed by atoms with Gasteiger partial charge < -0.3 is 9.47 Å². The van der Waals surface area contributed by atoms with Gasteiger partial charge in [-0.3, -0.25) is 4.79 Å². The van der Waals surface area contributed by atoms with Crippen molar-refractivity contribution in [3.8, 4) is 5.75 Å². The smallest absolute Gasteiger partial charge is 0.308 e. The maximum atomic E-state index is 11.0. The summed E-state index contributed by atoms with van der Waals surface area (Å²) in [4.78, 5) is 11.0. The first-order valence-corrected chi connectivity index (χ1v) is 8.04. The van der Waals surface area contributed by atoms with E-state index in [2.05, 4.69) is 6.07 Å². The van der Waals surface area contributed by atoms with Gasteiger partial charge in [-0.15, -0.1) is 0 Å². The molecule has 24 heavy (non-hydrogen) atoms. The van der Waals surface area contributed by atoms with Crippen LogP contribution in [0.2, 0.25) is 5.02 Å². The zero-order chi connectivity index (χ0) is 16.9. The second kappa shape index (κ2) is 7.82. The summed E-state index contributed by atoms with van der Waals surface area (Å²) >= 11 is 6.34. The maximum Gasteiger partial charge on any atom is 0.308 e. The number of esters is 1. The molecule has 0 unspecified atom stereocenters. The summed E-state index contributed by atoms with van der Waals surface area (Å²) < 4.78 is 10.6. The summed E-state index contributed by atoms with van der Waals surface area (Å²) in [5.74, 6) is 0.215. The van der Waals surface area contributed by atoms with Gasteiger partial charge in [-0.1, -0.05) is 35.9 Å². The zero-order valence-corrected chi connectivity index (χ0v) is 14.0. The summed E-state index contributed by atoms with van der Waals surface area (Å²) in [6.07, 6.45) is 6.44. The molecule has 0 N–H and O–H groups in total. The van der Waals surface area contributed by atoms with Crippen LogP contribution in [0.25, 0.3) is 0 Å². The van der Waals surface area contributed by atoms with Crippen LogP contribution in [0, 0.1) is 25.9 Å². The number of hydrogen-bond acceptors (Lipinski definition) is 3. The molecule has 0 aliphatic carbocycles. The predicted molar refractivity (Wildman–Crippen MR) is 93.0 cm³/mol. The third-order valence-corrected chi connectivity index (χ3v) is 4.05. The van der Waals surface area contributed by atoms with Gasteiger partial charge in [0, 0.05) is 11.9 Å². The Bertz CT molecular complexity index is 703. The Labute approximate surface area is 147 Å². The van der Waals surface area contributed by atoms with Crippen molar-refractivity contribution in [2.24, 2.45) is 0 Å². The van der Waals surface area contributed by atoms with Crippen LogP contribution in [0.4, 0.5) is 0 Å². The number of benzene rings is 2. The molecule has 1 aliphatic heterocycles. The Morgan fingerprint density at radius 3 is 2.62 bits per heavy atom. The quantitative estimate of drug-likeness (QED) is 0.597. The van der Waals surface area contributed by atoms with Gasteiger partial charge in [-0.25, -0.2) is 0 Å². The van der Waals surface area contributed by atoms with Crippen molar-refractivity contribution in [3.63, 3.8) is 0 Å². The standard InChI is InChI=1S/C20H17ClO3/c1-14(22)24-18-8-5-15(6-9-18)12-17-13-16(7-10-19(17)21)20-4-2-3-11-23-20/h2-11,13,20H,12H2,1H3/t20-/m0/s1. The molecule has 1 heterocycles. The fourth-order valence-electron chi connectivity index (χ4n) is 2.54. The molecule has 4 heteroatoms. The summed E-state index contributed by atoms with van der Waals surface area (Å²) in [5.41, 5.74) is 3.18. The number of ether oxygens (including phenoxy) is 2. The first kappa shape index (κ1) is 17.0. The lowest BCUT2D eigenvalue weighted by atomic mass is 9.97. The van der Waals surface area contributed by atoms with Gasteiger partial charge in [0.1, 0.15) is 5.75 Å². The average Bonchev–Trinajstić information content (AvgIpc) is 2.59. The largest absolute Gasteiger partial charge is 0.427 e. The monoisotopic (exact) mass is 340 g/mol. The van der Waals surface area contributed by atoms with Crippen LogP contribution in [-0.2, 0) is 16.0 Å². The number of carbonyl (C=O) groups excluding carboxylic acids is 1. The lowest BCUT2D eigenvalue weighted by Crippen LogP contribution is -2.10. The molecule has 0 aromatic heterocycles. The fourth-order valence-corrected chi connectivity index (χ4v) is 2.73. The average molecular weight is 341 g/mol. The molecule has 1 aliphatic rings. The molecule has 1 atom stereocenters.